The van der Waals surface area contributed by atoms with Gasteiger partial charge in [-0.2, -0.15) is 0 Å². The summed E-state index contributed by atoms with van der Waals surface area (Å²) in [6.07, 6.45) is 0. The summed E-state index contributed by atoms with van der Waals surface area (Å²) in [5.74, 6) is -2.39. The molecular weight excluding hydrogens is 271 g/mol. The number of aromatic carboxylic acids is 1. The number of halogens is 1. The summed E-state index contributed by atoms with van der Waals surface area (Å²) in [6, 6.07) is 1.49. The van der Waals surface area contributed by atoms with Gasteiger partial charge in [-0.1, -0.05) is 0 Å². The van der Waals surface area contributed by atoms with E-state index in [4.69, 9.17) is 9.84 Å². The fraction of sp³-hybridized carbons (Fsp3) is 0.417. The average molecular weight is 286 g/mol. The van der Waals surface area contributed by atoms with Crippen LogP contribution in [0.4, 0.5) is 15.8 Å². The number of nitro groups is 1. The first kappa shape index (κ1) is 15.8. The number of carboxylic acids is 1. The SMILES string of the molecule is COC(C)(C)CNc1cc(C(=O)O)c([N+](=O)[O-])cc1F. The van der Waals surface area contributed by atoms with Crippen LogP contribution in [-0.2, 0) is 4.74 Å². The first-order valence-corrected chi connectivity index (χ1v) is 5.68. The molecule has 0 heterocycles. The number of anilines is 1. The van der Waals surface area contributed by atoms with Crippen LogP contribution in [0.5, 0.6) is 0 Å². The maximum Gasteiger partial charge on any atom is 0.342 e. The van der Waals surface area contributed by atoms with Gasteiger partial charge < -0.3 is 15.2 Å². The van der Waals surface area contributed by atoms with Crippen LogP contribution in [0.2, 0.25) is 0 Å². The normalized spacial score (nSPS) is 11.2. The molecule has 8 heteroatoms. The van der Waals surface area contributed by atoms with Gasteiger partial charge in [0.15, 0.2) is 5.82 Å². The van der Waals surface area contributed by atoms with Crippen LogP contribution in [-0.4, -0.2) is 35.3 Å². The Balaban J connectivity index is 3.13. The van der Waals surface area contributed by atoms with Gasteiger partial charge in [0.25, 0.3) is 5.69 Å². The molecule has 0 saturated heterocycles. The Hall–Kier alpha value is -2.22. The summed E-state index contributed by atoms with van der Waals surface area (Å²) in [4.78, 5) is 20.7. The van der Waals surface area contributed by atoms with Gasteiger partial charge in [0.05, 0.1) is 22.3 Å². The van der Waals surface area contributed by atoms with E-state index in [1.807, 2.05) is 0 Å². The van der Waals surface area contributed by atoms with Crippen LogP contribution in [0, 0.1) is 15.9 Å². The van der Waals surface area contributed by atoms with Crippen LogP contribution < -0.4 is 5.32 Å². The molecule has 110 valence electrons. The number of hydrogen-bond acceptors (Lipinski definition) is 5. The Kier molecular flexibility index (Phi) is 4.61. The lowest BCUT2D eigenvalue weighted by Crippen LogP contribution is -2.32. The summed E-state index contributed by atoms with van der Waals surface area (Å²) in [6.45, 7) is 3.71. The molecule has 0 unspecified atom stereocenters. The molecule has 0 aromatic heterocycles. The number of carbonyl (C=O) groups is 1. The maximum absolute atomic E-state index is 13.7. The average Bonchev–Trinajstić information content (AvgIpc) is 2.36. The molecule has 20 heavy (non-hydrogen) atoms. The van der Waals surface area contributed by atoms with E-state index in [0.29, 0.717) is 6.07 Å². The van der Waals surface area contributed by atoms with Crippen LogP contribution in [0.3, 0.4) is 0 Å². The molecule has 1 aromatic rings. The third-order valence-electron chi connectivity index (χ3n) is 2.77. The molecular formula is C12H15FN2O5. The predicted octanol–water partition coefficient (Wildman–Crippen LogP) is 2.27. The monoisotopic (exact) mass is 286 g/mol. The molecule has 1 aromatic carbocycles. The minimum atomic E-state index is -1.49. The van der Waals surface area contributed by atoms with E-state index < -0.39 is 33.6 Å². The van der Waals surface area contributed by atoms with E-state index in [-0.39, 0.29) is 12.2 Å². The number of carboxylic acid groups (broad SMARTS) is 1. The molecule has 0 spiro atoms. The van der Waals surface area contributed by atoms with Gasteiger partial charge in [0.2, 0.25) is 0 Å². The minimum Gasteiger partial charge on any atom is -0.477 e. The van der Waals surface area contributed by atoms with Crippen LogP contribution in [0.1, 0.15) is 24.2 Å². The lowest BCUT2D eigenvalue weighted by atomic mass is 10.1. The topological polar surface area (TPSA) is 102 Å². The summed E-state index contributed by atoms with van der Waals surface area (Å²) in [7, 11) is 1.48. The smallest absolute Gasteiger partial charge is 0.342 e. The highest BCUT2D eigenvalue weighted by atomic mass is 19.1. The van der Waals surface area contributed by atoms with Crippen molar-refractivity contribution in [1.29, 1.82) is 0 Å². The largest absolute Gasteiger partial charge is 0.477 e. The second-order valence-corrected chi connectivity index (χ2v) is 4.73. The molecule has 2 N–H and O–H groups in total. The minimum absolute atomic E-state index is 0.127. The van der Waals surface area contributed by atoms with Gasteiger partial charge in [-0.05, 0) is 19.9 Å². The van der Waals surface area contributed by atoms with Crippen molar-refractivity contribution in [2.24, 2.45) is 0 Å². The van der Waals surface area contributed by atoms with Crippen molar-refractivity contribution in [3.8, 4) is 0 Å². The van der Waals surface area contributed by atoms with Crippen molar-refractivity contribution < 1.29 is 24.0 Å². The highest BCUT2D eigenvalue weighted by Gasteiger charge is 2.24. The zero-order chi connectivity index (χ0) is 15.5. The van der Waals surface area contributed by atoms with Crippen molar-refractivity contribution in [3.05, 3.63) is 33.6 Å². The number of nitrogens with one attached hydrogen (secondary N) is 1. The number of nitro benzene ring substituents is 1. The van der Waals surface area contributed by atoms with Gasteiger partial charge in [0.1, 0.15) is 5.56 Å². The Labute approximate surface area is 114 Å². The van der Waals surface area contributed by atoms with Crippen molar-refractivity contribution in [1.82, 2.24) is 0 Å². The van der Waals surface area contributed by atoms with E-state index in [2.05, 4.69) is 5.32 Å². The summed E-state index contributed by atoms with van der Waals surface area (Å²) >= 11 is 0. The number of benzene rings is 1. The summed E-state index contributed by atoms with van der Waals surface area (Å²) < 4.78 is 18.9. The Morgan fingerprint density at radius 1 is 1.55 bits per heavy atom. The molecule has 0 fully saturated rings. The first-order chi connectivity index (χ1) is 9.18. The van der Waals surface area contributed by atoms with Gasteiger partial charge in [-0.3, -0.25) is 10.1 Å². The number of hydrogen-bond donors (Lipinski definition) is 2. The fourth-order valence-corrected chi connectivity index (χ4v) is 1.40. The number of methoxy groups -OCH3 is 1. The second kappa shape index (κ2) is 5.83. The van der Waals surface area contributed by atoms with E-state index in [1.165, 1.54) is 7.11 Å². The van der Waals surface area contributed by atoms with E-state index in [0.717, 1.165) is 6.07 Å². The van der Waals surface area contributed by atoms with Gasteiger partial charge >= 0.3 is 5.97 Å². The van der Waals surface area contributed by atoms with Crippen molar-refractivity contribution in [2.45, 2.75) is 19.4 Å². The van der Waals surface area contributed by atoms with Crippen LogP contribution in [0.15, 0.2) is 12.1 Å². The lowest BCUT2D eigenvalue weighted by molar-refractivity contribution is -0.385. The standard InChI is InChI=1S/C12H15FN2O5/c1-12(2,20-3)6-14-9-4-7(11(16)17)10(15(18)19)5-8(9)13/h4-5,14H,6H2,1-3H3,(H,16,17). The molecule has 0 radical (unpaired) electrons. The summed E-state index contributed by atoms with van der Waals surface area (Å²) in [5, 5.41) is 22.3. The third kappa shape index (κ3) is 3.64. The molecule has 0 aliphatic heterocycles. The van der Waals surface area contributed by atoms with Gasteiger partial charge in [-0.25, -0.2) is 9.18 Å². The van der Waals surface area contributed by atoms with Gasteiger partial charge in [0, 0.05) is 13.7 Å². The molecule has 0 atom stereocenters. The van der Waals surface area contributed by atoms with Crippen LogP contribution in [0.25, 0.3) is 0 Å². The molecule has 0 aliphatic carbocycles. The van der Waals surface area contributed by atoms with Crippen LogP contribution >= 0.6 is 0 Å². The summed E-state index contributed by atoms with van der Waals surface area (Å²) in [5.41, 5.74) is -2.09. The molecule has 1 rings (SSSR count). The molecule has 0 amide bonds. The van der Waals surface area contributed by atoms with Gasteiger partial charge in [-0.15, -0.1) is 0 Å². The Bertz CT molecular complexity index is 545. The Morgan fingerprint density at radius 2 is 2.15 bits per heavy atom. The molecule has 0 saturated carbocycles. The third-order valence-corrected chi connectivity index (χ3v) is 2.77. The Morgan fingerprint density at radius 3 is 2.60 bits per heavy atom. The predicted molar refractivity (Wildman–Crippen MR) is 69.6 cm³/mol. The maximum atomic E-state index is 13.7. The fourth-order valence-electron chi connectivity index (χ4n) is 1.40. The lowest BCUT2D eigenvalue weighted by Gasteiger charge is -2.24. The number of nitrogens with zero attached hydrogens (tertiary/aromatic N) is 1. The van der Waals surface area contributed by atoms with Crippen molar-refractivity contribution in [3.63, 3.8) is 0 Å². The second-order valence-electron chi connectivity index (χ2n) is 4.73. The van der Waals surface area contributed by atoms with E-state index >= 15 is 0 Å². The highest BCUT2D eigenvalue weighted by Crippen LogP contribution is 2.26. The molecule has 7 nitrogen and oxygen atoms in total. The molecule has 0 aliphatic rings. The molecule has 0 bridgehead atoms. The van der Waals surface area contributed by atoms with E-state index in [1.54, 1.807) is 13.8 Å². The quantitative estimate of drug-likeness (QED) is 0.614. The highest BCUT2D eigenvalue weighted by molar-refractivity contribution is 5.93. The van der Waals surface area contributed by atoms with Crippen molar-refractivity contribution >= 4 is 17.3 Å². The zero-order valence-corrected chi connectivity index (χ0v) is 11.3. The zero-order valence-electron chi connectivity index (χ0n) is 11.3. The number of ether oxygens (including phenoxy) is 1. The first-order valence-electron chi connectivity index (χ1n) is 5.68. The number of rotatable bonds is 6. The van der Waals surface area contributed by atoms with E-state index in [9.17, 15) is 19.3 Å². The van der Waals surface area contributed by atoms with Crippen molar-refractivity contribution in [2.75, 3.05) is 19.0 Å².